The average Bonchev–Trinajstić information content (AvgIpc) is 2.76. The highest BCUT2D eigenvalue weighted by Crippen LogP contribution is 2.29. The van der Waals surface area contributed by atoms with E-state index in [9.17, 15) is 18.0 Å². The van der Waals surface area contributed by atoms with Crippen LogP contribution in [-0.2, 0) is 6.18 Å². The summed E-state index contributed by atoms with van der Waals surface area (Å²) in [5.41, 5.74) is -0.787. The summed E-state index contributed by atoms with van der Waals surface area (Å²) >= 11 is 5.73. The quantitative estimate of drug-likeness (QED) is 0.924. The van der Waals surface area contributed by atoms with Gasteiger partial charge in [-0.05, 0) is 18.2 Å². The Morgan fingerprint density at radius 1 is 1.37 bits per heavy atom. The van der Waals surface area contributed by atoms with Gasteiger partial charge in [0.1, 0.15) is 0 Å². The summed E-state index contributed by atoms with van der Waals surface area (Å²) in [6.45, 7) is 0. The van der Waals surface area contributed by atoms with Crippen molar-refractivity contribution in [2.75, 3.05) is 0 Å². The minimum absolute atomic E-state index is 0.0749. The number of aromatic nitrogens is 2. The molecule has 0 unspecified atom stereocenters. The van der Waals surface area contributed by atoms with Gasteiger partial charge in [0, 0.05) is 6.20 Å². The fourth-order valence-corrected chi connectivity index (χ4v) is 1.69. The SMILES string of the molecule is O=C(O)c1ccc(-n2cc(C(F)(F)F)cn2)cc1Cl. The Labute approximate surface area is 110 Å². The molecule has 100 valence electrons. The Hall–Kier alpha value is -2.02. The van der Waals surface area contributed by atoms with Crippen LogP contribution in [0.5, 0.6) is 0 Å². The molecule has 1 aromatic heterocycles. The first kappa shape index (κ1) is 13.4. The molecule has 1 aromatic carbocycles. The van der Waals surface area contributed by atoms with Gasteiger partial charge in [0.05, 0.1) is 28.0 Å². The summed E-state index contributed by atoms with van der Waals surface area (Å²) in [6, 6.07) is 3.76. The third-order valence-electron chi connectivity index (χ3n) is 2.36. The van der Waals surface area contributed by atoms with Crippen LogP contribution in [0.25, 0.3) is 5.69 Å². The zero-order valence-corrected chi connectivity index (χ0v) is 9.90. The molecular weight excluding hydrogens is 285 g/mol. The van der Waals surface area contributed by atoms with Crippen LogP contribution in [0.1, 0.15) is 15.9 Å². The van der Waals surface area contributed by atoms with Gasteiger partial charge in [-0.2, -0.15) is 18.3 Å². The maximum atomic E-state index is 12.4. The summed E-state index contributed by atoms with van der Waals surface area (Å²) in [6.07, 6.45) is -3.01. The van der Waals surface area contributed by atoms with Crippen molar-refractivity contribution in [1.29, 1.82) is 0 Å². The van der Waals surface area contributed by atoms with E-state index in [1.807, 2.05) is 0 Å². The Morgan fingerprint density at radius 3 is 2.53 bits per heavy atom. The molecule has 0 aliphatic rings. The molecule has 0 bridgehead atoms. The molecule has 0 atom stereocenters. The maximum absolute atomic E-state index is 12.4. The predicted octanol–water partition coefficient (Wildman–Crippen LogP) is 3.24. The second-order valence-corrected chi connectivity index (χ2v) is 4.05. The zero-order valence-electron chi connectivity index (χ0n) is 9.15. The second-order valence-electron chi connectivity index (χ2n) is 3.64. The molecule has 2 rings (SSSR count). The molecular formula is C11H6ClF3N2O2. The van der Waals surface area contributed by atoms with Crippen LogP contribution >= 0.6 is 11.6 Å². The number of hydrogen-bond donors (Lipinski definition) is 1. The van der Waals surface area contributed by atoms with Crippen LogP contribution in [-0.4, -0.2) is 20.9 Å². The van der Waals surface area contributed by atoms with E-state index in [2.05, 4.69) is 5.10 Å². The highest BCUT2D eigenvalue weighted by molar-refractivity contribution is 6.33. The van der Waals surface area contributed by atoms with E-state index in [1.165, 1.54) is 18.2 Å². The Balaban J connectivity index is 2.40. The van der Waals surface area contributed by atoms with Crippen LogP contribution in [0.3, 0.4) is 0 Å². The van der Waals surface area contributed by atoms with Gasteiger partial charge >= 0.3 is 12.1 Å². The van der Waals surface area contributed by atoms with Crippen molar-refractivity contribution in [3.05, 3.63) is 46.7 Å². The smallest absolute Gasteiger partial charge is 0.419 e. The summed E-state index contributed by atoms with van der Waals surface area (Å²) in [5.74, 6) is -1.21. The highest BCUT2D eigenvalue weighted by Gasteiger charge is 2.32. The van der Waals surface area contributed by atoms with E-state index in [4.69, 9.17) is 16.7 Å². The number of rotatable bonds is 2. The molecule has 0 saturated carbocycles. The number of hydrogen-bond acceptors (Lipinski definition) is 2. The number of carboxylic acids is 1. The topological polar surface area (TPSA) is 55.1 Å². The van der Waals surface area contributed by atoms with Crippen LogP contribution < -0.4 is 0 Å². The molecule has 4 nitrogen and oxygen atoms in total. The van der Waals surface area contributed by atoms with Gasteiger partial charge in [0.2, 0.25) is 0 Å². The molecule has 19 heavy (non-hydrogen) atoms. The molecule has 0 amide bonds. The number of carboxylic acid groups (broad SMARTS) is 1. The molecule has 0 fully saturated rings. The fourth-order valence-electron chi connectivity index (χ4n) is 1.43. The van der Waals surface area contributed by atoms with Crippen LogP contribution in [0, 0.1) is 0 Å². The standard InChI is InChI=1S/C11H6ClF3N2O2/c12-9-3-7(1-2-8(9)10(18)19)17-5-6(4-16-17)11(13,14)15/h1-5H,(H,18,19). The van der Waals surface area contributed by atoms with Gasteiger partial charge in [0.25, 0.3) is 0 Å². The molecule has 0 aliphatic heterocycles. The number of carbonyl (C=O) groups is 1. The van der Waals surface area contributed by atoms with E-state index < -0.39 is 17.7 Å². The number of benzene rings is 1. The zero-order chi connectivity index (χ0) is 14.2. The lowest BCUT2D eigenvalue weighted by Gasteiger charge is -2.04. The minimum atomic E-state index is -4.48. The molecule has 0 aliphatic carbocycles. The molecule has 1 heterocycles. The number of alkyl halides is 3. The van der Waals surface area contributed by atoms with Crippen LogP contribution in [0.4, 0.5) is 13.2 Å². The summed E-state index contributed by atoms with van der Waals surface area (Å²) in [5, 5.41) is 12.3. The lowest BCUT2D eigenvalue weighted by molar-refractivity contribution is -0.137. The van der Waals surface area contributed by atoms with Crippen molar-refractivity contribution in [1.82, 2.24) is 9.78 Å². The highest BCUT2D eigenvalue weighted by atomic mass is 35.5. The largest absolute Gasteiger partial charge is 0.478 e. The molecule has 0 radical (unpaired) electrons. The van der Waals surface area contributed by atoms with Crippen molar-refractivity contribution in [2.24, 2.45) is 0 Å². The van der Waals surface area contributed by atoms with Crippen molar-refractivity contribution < 1.29 is 23.1 Å². The van der Waals surface area contributed by atoms with Crippen LogP contribution in [0.15, 0.2) is 30.6 Å². The van der Waals surface area contributed by atoms with Crippen LogP contribution in [0.2, 0.25) is 5.02 Å². The van der Waals surface area contributed by atoms with E-state index in [0.29, 0.717) is 6.20 Å². The van der Waals surface area contributed by atoms with Gasteiger partial charge in [0.15, 0.2) is 0 Å². The summed E-state index contributed by atoms with van der Waals surface area (Å²) in [4.78, 5) is 10.7. The number of halogens is 4. The van der Waals surface area contributed by atoms with Gasteiger partial charge in [-0.15, -0.1) is 0 Å². The third-order valence-corrected chi connectivity index (χ3v) is 2.67. The molecule has 0 spiro atoms. The Kier molecular flexibility index (Phi) is 3.23. The number of aromatic carboxylic acids is 1. The van der Waals surface area contributed by atoms with Crippen molar-refractivity contribution in [2.45, 2.75) is 6.18 Å². The molecule has 8 heteroatoms. The van der Waals surface area contributed by atoms with Gasteiger partial charge in [-0.1, -0.05) is 11.6 Å². The first-order valence-corrected chi connectivity index (χ1v) is 5.32. The lowest BCUT2D eigenvalue weighted by atomic mass is 10.2. The van der Waals surface area contributed by atoms with Gasteiger partial charge < -0.3 is 5.11 Å². The molecule has 0 saturated heterocycles. The van der Waals surface area contributed by atoms with E-state index in [1.54, 1.807) is 0 Å². The van der Waals surface area contributed by atoms with E-state index in [-0.39, 0.29) is 16.3 Å². The minimum Gasteiger partial charge on any atom is -0.478 e. The van der Waals surface area contributed by atoms with Crippen molar-refractivity contribution in [3.8, 4) is 5.69 Å². The third kappa shape index (κ3) is 2.70. The fraction of sp³-hybridized carbons (Fsp3) is 0.0909. The average molecular weight is 291 g/mol. The Bertz CT molecular complexity index is 637. The first-order chi connectivity index (χ1) is 8.79. The second kappa shape index (κ2) is 4.58. The first-order valence-electron chi connectivity index (χ1n) is 4.94. The van der Waals surface area contributed by atoms with Gasteiger partial charge in [-0.3, -0.25) is 0 Å². The van der Waals surface area contributed by atoms with Gasteiger partial charge in [-0.25, -0.2) is 9.48 Å². The number of nitrogens with zero attached hydrogens (tertiary/aromatic N) is 2. The van der Waals surface area contributed by atoms with Crippen molar-refractivity contribution >= 4 is 17.6 Å². The predicted molar refractivity (Wildman–Crippen MR) is 60.5 cm³/mol. The Morgan fingerprint density at radius 2 is 2.05 bits per heavy atom. The molecule has 1 N–H and O–H groups in total. The van der Waals surface area contributed by atoms with E-state index >= 15 is 0 Å². The van der Waals surface area contributed by atoms with Crippen molar-refractivity contribution in [3.63, 3.8) is 0 Å². The molecule has 2 aromatic rings. The monoisotopic (exact) mass is 290 g/mol. The lowest BCUT2D eigenvalue weighted by Crippen LogP contribution is -2.03. The van der Waals surface area contributed by atoms with E-state index in [0.717, 1.165) is 10.9 Å². The summed E-state index contributed by atoms with van der Waals surface area (Å²) in [7, 11) is 0. The maximum Gasteiger partial charge on any atom is 0.419 e. The normalized spacial score (nSPS) is 11.6. The summed E-state index contributed by atoms with van der Waals surface area (Å²) < 4.78 is 38.2.